The standard InChI is InChI=1S/C15H11NO5/c17-13-8-21-14-6-10(4-5-11(13)14)20-7-9-2-1-3-12(16-9)15(18)19/h1-6H,7-8H2,(H,18,19). The SMILES string of the molecule is O=C(O)c1cccc(COc2ccc3c(c2)OCC3=O)n1. The molecular formula is C15H11NO5. The lowest BCUT2D eigenvalue weighted by Gasteiger charge is -2.07. The Labute approximate surface area is 120 Å². The molecule has 0 aliphatic carbocycles. The molecule has 0 fully saturated rings. The number of ether oxygens (including phenoxy) is 2. The summed E-state index contributed by atoms with van der Waals surface area (Å²) in [5, 5.41) is 8.87. The molecule has 0 saturated carbocycles. The Morgan fingerprint density at radius 2 is 2.19 bits per heavy atom. The van der Waals surface area contributed by atoms with Crippen LogP contribution in [0.1, 0.15) is 26.5 Å². The molecule has 0 atom stereocenters. The number of rotatable bonds is 4. The summed E-state index contributed by atoms with van der Waals surface area (Å²) >= 11 is 0. The van der Waals surface area contributed by atoms with Gasteiger partial charge in [0.2, 0.25) is 5.78 Å². The fraction of sp³-hybridized carbons (Fsp3) is 0.133. The van der Waals surface area contributed by atoms with Gasteiger partial charge in [-0.1, -0.05) is 6.07 Å². The smallest absolute Gasteiger partial charge is 0.354 e. The van der Waals surface area contributed by atoms with E-state index >= 15 is 0 Å². The molecule has 1 aromatic heterocycles. The molecule has 0 radical (unpaired) electrons. The van der Waals surface area contributed by atoms with Crippen LogP contribution in [-0.4, -0.2) is 28.4 Å². The van der Waals surface area contributed by atoms with E-state index in [9.17, 15) is 9.59 Å². The van der Waals surface area contributed by atoms with Gasteiger partial charge in [0.25, 0.3) is 0 Å². The molecule has 6 nitrogen and oxygen atoms in total. The van der Waals surface area contributed by atoms with E-state index in [4.69, 9.17) is 14.6 Å². The Morgan fingerprint density at radius 3 is 3.00 bits per heavy atom. The van der Waals surface area contributed by atoms with Crippen LogP contribution < -0.4 is 9.47 Å². The third-order valence-electron chi connectivity index (χ3n) is 3.02. The number of ketones is 1. The first-order valence-corrected chi connectivity index (χ1v) is 6.25. The Hall–Kier alpha value is -2.89. The number of benzene rings is 1. The Bertz CT molecular complexity index is 726. The lowest BCUT2D eigenvalue weighted by Crippen LogP contribution is -2.05. The molecule has 0 unspecified atom stereocenters. The highest BCUT2D eigenvalue weighted by molar-refractivity contribution is 6.02. The van der Waals surface area contributed by atoms with Gasteiger partial charge in [0.1, 0.15) is 23.8 Å². The van der Waals surface area contributed by atoms with Crippen LogP contribution in [0.15, 0.2) is 36.4 Å². The number of hydrogen-bond donors (Lipinski definition) is 1. The summed E-state index contributed by atoms with van der Waals surface area (Å²) in [5.74, 6) is -0.0932. The average Bonchev–Trinajstić information content (AvgIpc) is 2.86. The van der Waals surface area contributed by atoms with Crippen LogP contribution in [0.2, 0.25) is 0 Å². The molecule has 1 aliphatic heterocycles. The van der Waals surface area contributed by atoms with Gasteiger partial charge in [-0.15, -0.1) is 0 Å². The zero-order valence-electron chi connectivity index (χ0n) is 10.9. The molecular weight excluding hydrogens is 274 g/mol. The number of Topliss-reactive ketones (excluding diaryl/α,β-unsaturated/α-hetero) is 1. The van der Waals surface area contributed by atoms with E-state index < -0.39 is 5.97 Å². The van der Waals surface area contributed by atoms with E-state index in [2.05, 4.69) is 4.98 Å². The van der Waals surface area contributed by atoms with Crippen LogP contribution in [-0.2, 0) is 6.61 Å². The second-order valence-electron chi connectivity index (χ2n) is 4.48. The van der Waals surface area contributed by atoms with Crippen molar-refractivity contribution in [2.75, 3.05) is 6.61 Å². The van der Waals surface area contributed by atoms with Crippen molar-refractivity contribution < 1.29 is 24.2 Å². The van der Waals surface area contributed by atoms with Gasteiger partial charge in [0.05, 0.1) is 11.3 Å². The van der Waals surface area contributed by atoms with Crippen molar-refractivity contribution in [1.82, 2.24) is 4.98 Å². The summed E-state index contributed by atoms with van der Waals surface area (Å²) in [6, 6.07) is 9.68. The molecule has 0 bridgehead atoms. The van der Waals surface area contributed by atoms with Gasteiger partial charge < -0.3 is 14.6 Å². The molecule has 2 aromatic rings. The van der Waals surface area contributed by atoms with Gasteiger partial charge in [0.15, 0.2) is 6.61 Å². The second kappa shape index (κ2) is 5.24. The molecule has 2 heterocycles. The number of aromatic nitrogens is 1. The minimum atomic E-state index is -1.08. The van der Waals surface area contributed by atoms with Crippen molar-refractivity contribution >= 4 is 11.8 Å². The van der Waals surface area contributed by atoms with Gasteiger partial charge in [-0.2, -0.15) is 0 Å². The quantitative estimate of drug-likeness (QED) is 0.923. The third-order valence-corrected chi connectivity index (χ3v) is 3.02. The maximum atomic E-state index is 11.4. The van der Waals surface area contributed by atoms with Crippen LogP contribution in [0.5, 0.6) is 11.5 Å². The first-order valence-electron chi connectivity index (χ1n) is 6.25. The molecule has 106 valence electrons. The van der Waals surface area contributed by atoms with Gasteiger partial charge in [-0.05, 0) is 24.3 Å². The van der Waals surface area contributed by atoms with E-state index in [0.717, 1.165) is 0 Å². The Kier molecular flexibility index (Phi) is 3.27. The van der Waals surface area contributed by atoms with Crippen molar-refractivity contribution in [2.45, 2.75) is 6.61 Å². The largest absolute Gasteiger partial charge is 0.487 e. The number of nitrogens with zero attached hydrogens (tertiary/aromatic N) is 1. The van der Waals surface area contributed by atoms with Crippen molar-refractivity contribution in [3.05, 3.63) is 53.3 Å². The minimum Gasteiger partial charge on any atom is -0.487 e. The minimum absolute atomic E-state index is 0.0287. The predicted octanol–water partition coefficient (Wildman–Crippen LogP) is 1.93. The van der Waals surface area contributed by atoms with Crippen molar-refractivity contribution in [1.29, 1.82) is 0 Å². The van der Waals surface area contributed by atoms with Crippen LogP contribution >= 0.6 is 0 Å². The van der Waals surface area contributed by atoms with E-state index in [0.29, 0.717) is 22.8 Å². The summed E-state index contributed by atoms with van der Waals surface area (Å²) < 4.78 is 10.8. The first kappa shape index (κ1) is 13.1. The Balaban J connectivity index is 1.72. The number of pyridine rings is 1. The lowest BCUT2D eigenvalue weighted by molar-refractivity contribution is 0.0689. The Morgan fingerprint density at radius 1 is 1.33 bits per heavy atom. The van der Waals surface area contributed by atoms with Crippen LogP contribution in [0.3, 0.4) is 0 Å². The molecule has 3 rings (SSSR count). The van der Waals surface area contributed by atoms with Crippen molar-refractivity contribution in [3.63, 3.8) is 0 Å². The number of carboxylic acid groups (broad SMARTS) is 1. The van der Waals surface area contributed by atoms with Gasteiger partial charge in [-0.3, -0.25) is 4.79 Å². The van der Waals surface area contributed by atoms with E-state index in [1.54, 1.807) is 30.3 Å². The maximum absolute atomic E-state index is 11.4. The number of carbonyl (C=O) groups is 2. The molecule has 21 heavy (non-hydrogen) atoms. The van der Waals surface area contributed by atoms with Gasteiger partial charge in [-0.25, -0.2) is 9.78 Å². The zero-order valence-corrected chi connectivity index (χ0v) is 10.9. The second-order valence-corrected chi connectivity index (χ2v) is 4.48. The summed E-state index contributed by atoms with van der Waals surface area (Å²) in [6.45, 7) is 0.189. The molecule has 1 aromatic carbocycles. The topological polar surface area (TPSA) is 85.7 Å². The number of fused-ring (bicyclic) bond motifs is 1. The summed E-state index contributed by atoms with van der Waals surface area (Å²) in [5.41, 5.74) is 1.03. The van der Waals surface area contributed by atoms with Crippen LogP contribution in [0.4, 0.5) is 0 Å². The van der Waals surface area contributed by atoms with E-state index in [-0.39, 0.29) is 24.7 Å². The summed E-state index contributed by atoms with van der Waals surface area (Å²) in [6.07, 6.45) is 0. The molecule has 1 aliphatic rings. The number of carboxylic acids is 1. The monoisotopic (exact) mass is 285 g/mol. The number of hydrogen-bond acceptors (Lipinski definition) is 5. The number of aromatic carboxylic acids is 1. The molecule has 1 N–H and O–H groups in total. The van der Waals surface area contributed by atoms with Gasteiger partial charge in [0, 0.05) is 6.07 Å². The van der Waals surface area contributed by atoms with Crippen LogP contribution in [0.25, 0.3) is 0 Å². The molecule has 0 amide bonds. The van der Waals surface area contributed by atoms with Crippen molar-refractivity contribution in [2.24, 2.45) is 0 Å². The lowest BCUT2D eigenvalue weighted by atomic mass is 10.1. The number of carbonyl (C=O) groups excluding carboxylic acids is 1. The molecule has 0 spiro atoms. The molecule has 0 saturated heterocycles. The van der Waals surface area contributed by atoms with Crippen LogP contribution in [0, 0.1) is 0 Å². The maximum Gasteiger partial charge on any atom is 0.354 e. The van der Waals surface area contributed by atoms with E-state index in [1.165, 1.54) is 6.07 Å². The predicted molar refractivity (Wildman–Crippen MR) is 71.8 cm³/mol. The zero-order chi connectivity index (χ0) is 14.8. The third kappa shape index (κ3) is 2.69. The van der Waals surface area contributed by atoms with Gasteiger partial charge >= 0.3 is 5.97 Å². The first-order chi connectivity index (χ1) is 10.1. The highest BCUT2D eigenvalue weighted by atomic mass is 16.5. The summed E-state index contributed by atoms with van der Waals surface area (Å²) in [4.78, 5) is 26.2. The fourth-order valence-electron chi connectivity index (χ4n) is 2.00. The molecule has 6 heteroatoms. The highest BCUT2D eigenvalue weighted by Gasteiger charge is 2.21. The average molecular weight is 285 g/mol. The van der Waals surface area contributed by atoms with E-state index in [1.807, 2.05) is 0 Å². The normalized spacial score (nSPS) is 12.7. The fourth-order valence-corrected chi connectivity index (χ4v) is 2.00. The highest BCUT2D eigenvalue weighted by Crippen LogP contribution is 2.29. The summed E-state index contributed by atoms with van der Waals surface area (Å²) in [7, 11) is 0. The van der Waals surface area contributed by atoms with Crippen molar-refractivity contribution in [3.8, 4) is 11.5 Å².